The number of pyridine rings is 2. The summed E-state index contributed by atoms with van der Waals surface area (Å²) in [7, 11) is 0. The Morgan fingerprint density at radius 2 is 2.08 bits per heavy atom. The zero-order valence-corrected chi connectivity index (χ0v) is 14.5. The van der Waals surface area contributed by atoms with Crippen molar-refractivity contribution in [1.82, 2.24) is 9.97 Å². The molecule has 0 aliphatic rings. The molecule has 2 heterocycles. The molecule has 1 N–H and O–H groups in total. The minimum absolute atomic E-state index is 0.176. The lowest BCUT2D eigenvalue weighted by atomic mass is 10.1. The zero-order valence-electron chi connectivity index (χ0n) is 14.5. The van der Waals surface area contributed by atoms with Crippen LogP contribution in [0.5, 0.6) is 0 Å². The summed E-state index contributed by atoms with van der Waals surface area (Å²) < 4.78 is 13.5. The van der Waals surface area contributed by atoms with Gasteiger partial charge in [-0.25, -0.2) is 9.37 Å². The summed E-state index contributed by atoms with van der Waals surface area (Å²) >= 11 is 0. The highest BCUT2D eigenvalue weighted by atomic mass is 19.1. The highest BCUT2D eigenvalue weighted by Gasteiger charge is 2.13. The molecule has 132 valence electrons. The average molecular weight is 344 g/mol. The van der Waals surface area contributed by atoms with Gasteiger partial charge in [0.15, 0.2) is 0 Å². The summed E-state index contributed by atoms with van der Waals surface area (Å²) in [6.07, 6.45) is 5.60. The minimum atomic E-state index is -0.521. The highest BCUT2D eigenvalue weighted by molar-refractivity contribution is 6.05. The molecule has 0 saturated heterocycles. The molecule has 0 fully saturated rings. The zero-order chi connectivity index (χ0) is 18.2. The predicted molar refractivity (Wildman–Crippen MR) is 94.2 cm³/mol. The number of rotatable bonds is 7. The Morgan fingerprint density at radius 1 is 1.28 bits per heavy atom. The summed E-state index contributed by atoms with van der Waals surface area (Å²) in [6, 6.07) is 3.47. The molecule has 1 amide bonds. The molecule has 0 aromatic carbocycles. The van der Waals surface area contributed by atoms with Crippen LogP contribution in [0.25, 0.3) is 0 Å². The van der Waals surface area contributed by atoms with Crippen LogP contribution in [0.1, 0.15) is 48.2 Å². The molecular weight excluding hydrogens is 323 g/mol. The molecule has 2 aromatic heterocycles. The van der Waals surface area contributed by atoms with Gasteiger partial charge in [-0.2, -0.15) is 0 Å². The standard InChI is InChI=1S/C18H21FN4O2/c1-4-8-25-23-16(5-2)13-6-7-17(21-9-13)22-18(24)14-10-20-11-15(19)12(14)3/h6-7,9-11H,4-5,8H2,1-3H3,(H,21,22,24)/b23-16+. The van der Waals surface area contributed by atoms with E-state index in [1.165, 1.54) is 13.1 Å². The van der Waals surface area contributed by atoms with Gasteiger partial charge >= 0.3 is 0 Å². The Bertz CT molecular complexity index is 760. The number of oxime groups is 1. The van der Waals surface area contributed by atoms with Crippen molar-refractivity contribution in [2.24, 2.45) is 5.16 Å². The van der Waals surface area contributed by atoms with Gasteiger partial charge in [0.25, 0.3) is 5.91 Å². The van der Waals surface area contributed by atoms with Crippen molar-refractivity contribution in [2.45, 2.75) is 33.6 Å². The van der Waals surface area contributed by atoms with Crippen molar-refractivity contribution in [2.75, 3.05) is 11.9 Å². The number of hydrogen-bond acceptors (Lipinski definition) is 5. The summed E-state index contributed by atoms with van der Waals surface area (Å²) in [5.74, 6) is -0.616. The van der Waals surface area contributed by atoms with Gasteiger partial charge in [0.1, 0.15) is 18.2 Å². The first-order chi connectivity index (χ1) is 12.1. The maximum Gasteiger partial charge on any atom is 0.258 e. The second-order valence-corrected chi connectivity index (χ2v) is 5.40. The van der Waals surface area contributed by atoms with E-state index in [4.69, 9.17) is 4.84 Å². The summed E-state index contributed by atoms with van der Waals surface area (Å²) in [4.78, 5) is 25.4. The number of carbonyl (C=O) groups is 1. The third-order valence-corrected chi connectivity index (χ3v) is 3.54. The molecule has 0 aliphatic heterocycles. The molecule has 0 spiro atoms. The molecule has 2 rings (SSSR count). The number of amides is 1. The summed E-state index contributed by atoms with van der Waals surface area (Å²) in [6.45, 7) is 6.08. The van der Waals surface area contributed by atoms with Crippen LogP contribution in [0.2, 0.25) is 0 Å². The fourth-order valence-corrected chi connectivity index (χ4v) is 2.09. The van der Waals surface area contributed by atoms with Crippen LogP contribution >= 0.6 is 0 Å². The van der Waals surface area contributed by atoms with Crippen molar-refractivity contribution in [3.05, 3.63) is 53.2 Å². The van der Waals surface area contributed by atoms with Crippen LogP contribution in [0.4, 0.5) is 10.2 Å². The first-order valence-electron chi connectivity index (χ1n) is 8.13. The van der Waals surface area contributed by atoms with Crippen LogP contribution in [0, 0.1) is 12.7 Å². The maximum atomic E-state index is 13.5. The van der Waals surface area contributed by atoms with Crippen molar-refractivity contribution in [3.63, 3.8) is 0 Å². The number of carbonyl (C=O) groups excluding carboxylic acids is 1. The first kappa shape index (κ1) is 18.5. The quantitative estimate of drug-likeness (QED) is 0.472. The molecule has 0 atom stereocenters. The Labute approximate surface area is 146 Å². The van der Waals surface area contributed by atoms with E-state index in [2.05, 4.69) is 20.4 Å². The van der Waals surface area contributed by atoms with Crippen molar-refractivity contribution >= 4 is 17.4 Å². The van der Waals surface area contributed by atoms with Gasteiger partial charge in [0, 0.05) is 23.5 Å². The molecule has 0 bridgehead atoms. The van der Waals surface area contributed by atoms with Crippen LogP contribution in [-0.2, 0) is 4.84 Å². The lowest BCUT2D eigenvalue weighted by Gasteiger charge is -2.08. The van der Waals surface area contributed by atoms with E-state index in [1.54, 1.807) is 18.3 Å². The van der Waals surface area contributed by atoms with Crippen LogP contribution < -0.4 is 5.32 Å². The Kier molecular flexibility index (Phi) is 6.56. The fraction of sp³-hybridized carbons (Fsp3) is 0.333. The molecule has 25 heavy (non-hydrogen) atoms. The summed E-state index contributed by atoms with van der Waals surface area (Å²) in [5, 5.41) is 6.74. The second kappa shape index (κ2) is 8.86. The van der Waals surface area contributed by atoms with E-state index in [-0.39, 0.29) is 11.1 Å². The lowest BCUT2D eigenvalue weighted by molar-refractivity contribution is 0.102. The molecule has 0 aliphatic carbocycles. The van der Waals surface area contributed by atoms with Crippen LogP contribution in [0.3, 0.4) is 0 Å². The highest BCUT2D eigenvalue weighted by Crippen LogP contribution is 2.14. The van der Waals surface area contributed by atoms with E-state index in [0.29, 0.717) is 18.8 Å². The van der Waals surface area contributed by atoms with Gasteiger partial charge in [-0.1, -0.05) is 19.0 Å². The van der Waals surface area contributed by atoms with Crippen molar-refractivity contribution < 1.29 is 14.0 Å². The molecule has 2 aromatic rings. The van der Waals surface area contributed by atoms with E-state index >= 15 is 0 Å². The van der Waals surface area contributed by atoms with E-state index in [0.717, 1.165) is 23.9 Å². The first-order valence-corrected chi connectivity index (χ1v) is 8.13. The second-order valence-electron chi connectivity index (χ2n) is 5.40. The number of nitrogens with zero attached hydrogens (tertiary/aromatic N) is 3. The molecule has 0 unspecified atom stereocenters. The largest absolute Gasteiger partial charge is 0.396 e. The Morgan fingerprint density at radius 3 is 2.72 bits per heavy atom. The van der Waals surface area contributed by atoms with Gasteiger partial charge in [-0.05, 0) is 31.9 Å². The SMILES string of the molecule is CCCO/N=C(\CC)c1ccc(NC(=O)c2cncc(F)c2C)nc1. The van der Waals surface area contributed by atoms with Gasteiger partial charge in [-0.15, -0.1) is 0 Å². The topological polar surface area (TPSA) is 76.5 Å². The predicted octanol–water partition coefficient (Wildman–Crippen LogP) is 3.72. The number of halogens is 1. The lowest BCUT2D eigenvalue weighted by Crippen LogP contribution is -2.15. The third-order valence-electron chi connectivity index (χ3n) is 3.54. The number of hydrogen-bond donors (Lipinski definition) is 1. The molecule has 0 radical (unpaired) electrons. The summed E-state index contributed by atoms with van der Waals surface area (Å²) in [5.41, 5.74) is 2.02. The number of aromatic nitrogens is 2. The molecular formula is C18H21FN4O2. The number of anilines is 1. The molecule has 0 saturated carbocycles. The van der Waals surface area contributed by atoms with E-state index in [9.17, 15) is 9.18 Å². The van der Waals surface area contributed by atoms with Gasteiger partial charge in [-0.3, -0.25) is 9.78 Å². The minimum Gasteiger partial charge on any atom is -0.396 e. The smallest absolute Gasteiger partial charge is 0.258 e. The third kappa shape index (κ3) is 4.82. The Balaban J connectivity index is 2.10. The van der Waals surface area contributed by atoms with Crippen LogP contribution in [0.15, 0.2) is 35.9 Å². The molecule has 6 nitrogen and oxygen atoms in total. The van der Waals surface area contributed by atoms with Gasteiger partial charge in [0.05, 0.1) is 17.5 Å². The molecule has 7 heteroatoms. The van der Waals surface area contributed by atoms with Gasteiger partial charge in [0.2, 0.25) is 0 Å². The van der Waals surface area contributed by atoms with E-state index < -0.39 is 11.7 Å². The monoisotopic (exact) mass is 344 g/mol. The fourth-order valence-electron chi connectivity index (χ4n) is 2.09. The normalized spacial score (nSPS) is 11.3. The van der Waals surface area contributed by atoms with Crippen LogP contribution in [-0.4, -0.2) is 28.2 Å². The van der Waals surface area contributed by atoms with E-state index in [1.807, 2.05) is 13.8 Å². The Hall–Kier alpha value is -2.83. The maximum absolute atomic E-state index is 13.5. The average Bonchev–Trinajstić information content (AvgIpc) is 2.62. The van der Waals surface area contributed by atoms with Crippen molar-refractivity contribution in [1.29, 1.82) is 0 Å². The number of nitrogens with one attached hydrogen (secondary N) is 1. The van der Waals surface area contributed by atoms with Gasteiger partial charge < -0.3 is 10.2 Å². The van der Waals surface area contributed by atoms with Crippen molar-refractivity contribution in [3.8, 4) is 0 Å².